The summed E-state index contributed by atoms with van der Waals surface area (Å²) in [5, 5.41) is 12.6. The summed E-state index contributed by atoms with van der Waals surface area (Å²) in [6, 6.07) is 15.7. The van der Waals surface area contributed by atoms with Gasteiger partial charge in [0, 0.05) is 17.6 Å². The third-order valence-corrected chi connectivity index (χ3v) is 5.03. The molecule has 0 bridgehead atoms. The fourth-order valence-electron chi connectivity index (χ4n) is 2.97. The van der Waals surface area contributed by atoms with Crippen LogP contribution in [0.5, 0.6) is 0 Å². The standard InChI is InChI=1S/C18H17N5OS/c1-22-17(24)12-7-3-5-9-14(12)23-16(20-21-18(22)23)11-19-13-8-4-6-10-15(13)25-2/h3-10,19H,11H2,1-2H3. The van der Waals surface area contributed by atoms with Crippen molar-refractivity contribution in [2.24, 2.45) is 7.05 Å². The number of anilines is 1. The van der Waals surface area contributed by atoms with Crippen molar-refractivity contribution in [2.75, 3.05) is 11.6 Å². The third-order valence-electron chi connectivity index (χ3n) is 4.24. The van der Waals surface area contributed by atoms with Crippen LogP contribution in [0.4, 0.5) is 5.69 Å². The van der Waals surface area contributed by atoms with E-state index in [2.05, 4.69) is 27.8 Å². The van der Waals surface area contributed by atoms with E-state index in [0.717, 1.165) is 17.0 Å². The van der Waals surface area contributed by atoms with Gasteiger partial charge in [0.15, 0.2) is 5.82 Å². The Hall–Kier alpha value is -2.80. The molecule has 2 aromatic carbocycles. The van der Waals surface area contributed by atoms with Gasteiger partial charge in [-0.2, -0.15) is 0 Å². The number of benzene rings is 2. The van der Waals surface area contributed by atoms with E-state index < -0.39 is 0 Å². The molecule has 0 fully saturated rings. The SMILES string of the molecule is CSc1ccccc1NCc1nnc2n(C)c(=O)c3ccccc3n12. The first-order chi connectivity index (χ1) is 12.2. The molecule has 0 atom stereocenters. The largest absolute Gasteiger partial charge is 0.377 e. The minimum absolute atomic E-state index is 0.0669. The number of thioether (sulfide) groups is 1. The van der Waals surface area contributed by atoms with Crippen molar-refractivity contribution in [3.05, 3.63) is 64.7 Å². The van der Waals surface area contributed by atoms with E-state index in [1.54, 1.807) is 18.8 Å². The predicted octanol–water partition coefficient (Wildman–Crippen LogP) is 2.92. The number of hydrogen-bond acceptors (Lipinski definition) is 5. The lowest BCUT2D eigenvalue weighted by molar-refractivity contribution is 0.855. The molecule has 0 saturated carbocycles. The molecular weight excluding hydrogens is 334 g/mol. The highest BCUT2D eigenvalue weighted by molar-refractivity contribution is 7.98. The Morgan fingerprint density at radius 3 is 2.68 bits per heavy atom. The van der Waals surface area contributed by atoms with Crippen LogP contribution >= 0.6 is 11.8 Å². The van der Waals surface area contributed by atoms with Gasteiger partial charge in [-0.3, -0.25) is 13.8 Å². The first-order valence-corrected chi connectivity index (χ1v) is 9.12. The van der Waals surface area contributed by atoms with Crippen molar-refractivity contribution >= 4 is 34.1 Å². The van der Waals surface area contributed by atoms with Gasteiger partial charge in [0.2, 0.25) is 5.78 Å². The zero-order chi connectivity index (χ0) is 17.4. The molecule has 0 spiro atoms. The second-order valence-corrected chi connectivity index (χ2v) is 6.53. The number of hydrogen-bond donors (Lipinski definition) is 1. The Balaban J connectivity index is 1.82. The lowest BCUT2D eigenvalue weighted by Crippen LogP contribution is -2.20. The summed E-state index contributed by atoms with van der Waals surface area (Å²) in [5.41, 5.74) is 1.81. The van der Waals surface area contributed by atoms with Gasteiger partial charge in [-0.15, -0.1) is 22.0 Å². The fourth-order valence-corrected chi connectivity index (χ4v) is 3.55. The Labute approximate surface area is 148 Å². The van der Waals surface area contributed by atoms with Gasteiger partial charge < -0.3 is 5.32 Å². The summed E-state index contributed by atoms with van der Waals surface area (Å²) in [6.07, 6.45) is 2.05. The molecule has 4 aromatic rings. The normalized spacial score (nSPS) is 11.3. The highest BCUT2D eigenvalue weighted by Gasteiger charge is 2.14. The van der Waals surface area contributed by atoms with Crippen molar-refractivity contribution in [1.82, 2.24) is 19.2 Å². The highest BCUT2D eigenvalue weighted by Crippen LogP contribution is 2.25. The molecule has 2 heterocycles. The van der Waals surface area contributed by atoms with Crippen LogP contribution in [0.2, 0.25) is 0 Å². The molecular formula is C18H17N5OS. The molecule has 0 aliphatic carbocycles. The number of aromatic nitrogens is 4. The summed E-state index contributed by atoms with van der Waals surface area (Å²) >= 11 is 1.69. The van der Waals surface area contributed by atoms with Crippen molar-refractivity contribution in [3.63, 3.8) is 0 Å². The fraction of sp³-hybridized carbons (Fsp3) is 0.167. The summed E-state index contributed by atoms with van der Waals surface area (Å²) < 4.78 is 3.47. The highest BCUT2D eigenvalue weighted by atomic mass is 32.2. The smallest absolute Gasteiger partial charge is 0.262 e. The minimum Gasteiger partial charge on any atom is -0.377 e. The second-order valence-electron chi connectivity index (χ2n) is 5.69. The van der Waals surface area contributed by atoms with Crippen LogP contribution in [0, 0.1) is 0 Å². The molecule has 0 aliphatic rings. The third kappa shape index (κ3) is 2.56. The van der Waals surface area contributed by atoms with Crippen LogP contribution < -0.4 is 10.9 Å². The van der Waals surface area contributed by atoms with E-state index in [0.29, 0.717) is 17.7 Å². The first kappa shape index (κ1) is 15.7. The number of aryl methyl sites for hydroxylation is 1. The summed E-state index contributed by atoms with van der Waals surface area (Å²) in [6.45, 7) is 0.515. The lowest BCUT2D eigenvalue weighted by Gasteiger charge is -2.11. The molecule has 7 heteroatoms. The molecule has 0 aliphatic heterocycles. The van der Waals surface area contributed by atoms with Crippen LogP contribution in [-0.4, -0.2) is 25.4 Å². The minimum atomic E-state index is -0.0669. The maximum Gasteiger partial charge on any atom is 0.262 e. The summed E-state index contributed by atoms with van der Waals surface area (Å²) in [4.78, 5) is 13.7. The average Bonchev–Trinajstić information content (AvgIpc) is 3.09. The molecule has 2 aromatic heterocycles. The second kappa shape index (κ2) is 6.25. The van der Waals surface area contributed by atoms with Crippen molar-refractivity contribution in [3.8, 4) is 0 Å². The van der Waals surface area contributed by atoms with Gasteiger partial charge >= 0.3 is 0 Å². The molecule has 6 nitrogen and oxygen atoms in total. The van der Waals surface area contributed by atoms with Crippen LogP contribution in [0.3, 0.4) is 0 Å². The van der Waals surface area contributed by atoms with Gasteiger partial charge in [0.1, 0.15) is 0 Å². The molecule has 25 heavy (non-hydrogen) atoms. The molecule has 4 rings (SSSR count). The van der Waals surface area contributed by atoms with E-state index in [1.807, 2.05) is 46.9 Å². The van der Waals surface area contributed by atoms with Crippen molar-refractivity contribution in [2.45, 2.75) is 11.4 Å². The monoisotopic (exact) mass is 351 g/mol. The van der Waals surface area contributed by atoms with Crippen LogP contribution in [-0.2, 0) is 13.6 Å². The number of nitrogens with one attached hydrogen (secondary N) is 1. The molecule has 0 unspecified atom stereocenters. The van der Waals surface area contributed by atoms with Gasteiger partial charge in [0.25, 0.3) is 5.56 Å². The molecule has 126 valence electrons. The van der Waals surface area contributed by atoms with Crippen molar-refractivity contribution < 1.29 is 0 Å². The van der Waals surface area contributed by atoms with E-state index in [9.17, 15) is 4.79 Å². The maximum atomic E-state index is 12.5. The average molecular weight is 351 g/mol. The zero-order valence-electron chi connectivity index (χ0n) is 13.9. The van der Waals surface area contributed by atoms with Gasteiger partial charge in [0.05, 0.1) is 17.4 Å². The zero-order valence-corrected chi connectivity index (χ0v) is 14.7. The van der Waals surface area contributed by atoms with E-state index >= 15 is 0 Å². The Bertz CT molecular complexity index is 1130. The van der Waals surface area contributed by atoms with E-state index in [-0.39, 0.29) is 5.56 Å². The topological polar surface area (TPSA) is 64.2 Å². The number of nitrogens with zero attached hydrogens (tertiary/aromatic N) is 4. The van der Waals surface area contributed by atoms with Gasteiger partial charge in [-0.25, -0.2) is 0 Å². The van der Waals surface area contributed by atoms with Crippen LogP contribution in [0.1, 0.15) is 5.82 Å². The molecule has 0 saturated heterocycles. The summed E-state index contributed by atoms with van der Waals surface area (Å²) in [7, 11) is 1.72. The first-order valence-electron chi connectivity index (χ1n) is 7.89. The lowest BCUT2D eigenvalue weighted by atomic mass is 10.2. The number of para-hydroxylation sites is 2. The molecule has 1 N–H and O–H groups in total. The summed E-state index contributed by atoms with van der Waals surface area (Å²) in [5.74, 6) is 1.30. The Kier molecular flexibility index (Phi) is 3.93. The Morgan fingerprint density at radius 1 is 1.08 bits per heavy atom. The molecule has 0 amide bonds. The quantitative estimate of drug-likeness (QED) is 0.573. The number of fused-ring (bicyclic) bond motifs is 3. The van der Waals surface area contributed by atoms with E-state index in [1.165, 1.54) is 9.46 Å². The van der Waals surface area contributed by atoms with Crippen LogP contribution in [0.25, 0.3) is 16.7 Å². The van der Waals surface area contributed by atoms with E-state index in [4.69, 9.17) is 0 Å². The Morgan fingerprint density at radius 2 is 1.84 bits per heavy atom. The molecule has 0 radical (unpaired) electrons. The van der Waals surface area contributed by atoms with Gasteiger partial charge in [-0.1, -0.05) is 24.3 Å². The van der Waals surface area contributed by atoms with Crippen LogP contribution in [0.15, 0.2) is 58.2 Å². The van der Waals surface area contributed by atoms with Crippen molar-refractivity contribution in [1.29, 1.82) is 0 Å². The maximum absolute atomic E-state index is 12.5. The van der Waals surface area contributed by atoms with Gasteiger partial charge in [-0.05, 0) is 30.5 Å². The number of rotatable bonds is 4. The predicted molar refractivity (Wildman–Crippen MR) is 101 cm³/mol.